The van der Waals surface area contributed by atoms with Gasteiger partial charge in [0.05, 0.1) is 11.0 Å². The van der Waals surface area contributed by atoms with Gasteiger partial charge in [0.1, 0.15) is 0 Å². The molecule has 3 nitrogen and oxygen atoms in total. The van der Waals surface area contributed by atoms with Crippen LogP contribution in [0, 0.1) is 11.7 Å². The van der Waals surface area contributed by atoms with Gasteiger partial charge in [-0.3, -0.25) is 4.90 Å². The number of nitrogens with one attached hydrogen (secondary N) is 1. The van der Waals surface area contributed by atoms with Gasteiger partial charge in [-0.25, -0.2) is 0 Å². The third-order valence-electron chi connectivity index (χ3n) is 4.14. The molecule has 1 N–H and O–H groups in total. The predicted molar refractivity (Wildman–Crippen MR) is 82.1 cm³/mol. The Morgan fingerprint density at radius 1 is 1.32 bits per heavy atom. The van der Waals surface area contributed by atoms with Crippen molar-refractivity contribution in [3.05, 3.63) is 28.5 Å². The number of aromatic amines is 1. The summed E-state index contributed by atoms with van der Waals surface area (Å²) in [7, 11) is 0. The van der Waals surface area contributed by atoms with E-state index >= 15 is 0 Å². The van der Waals surface area contributed by atoms with Gasteiger partial charge in [-0.2, -0.15) is 0 Å². The van der Waals surface area contributed by atoms with Crippen LogP contribution in [0.15, 0.2) is 18.2 Å². The van der Waals surface area contributed by atoms with E-state index in [1.807, 2.05) is 0 Å². The first-order valence-electron chi connectivity index (χ1n) is 7.08. The van der Waals surface area contributed by atoms with Gasteiger partial charge < -0.3 is 9.55 Å². The number of fused-ring (bicyclic) bond motifs is 1. The smallest absolute Gasteiger partial charge is 0.178 e. The first kappa shape index (κ1) is 12.9. The standard InChI is InChI=1S/C15H21N3S/c1-11-5-6-14-13(9-11)16-15(19)18(14)10-12(2)17-7-3-4-8-17/h5-6,9,12H,3-4,7-8,10H2,1-2H3,(H,16,19). The van der Waals surface area contributed by atoms with Gasteiger partial charge in [0.15, 0.2) is 4.77 Å². The molecule has 0 amide bonds. The van der Waals surface area contributed by atoms with Crippen LogP contribution in [-0.4, -0.2) is 33.6 Å². The van der Waals surface area contributed by atoms with Crippen molar-refractivity contribution in [1.82, 2.24) is 14.5 Å². The Morgan fingerprint density at radius 2 is 2.05 bits per heavy atom. The molecule has 1 atom stereocenters. The van der Waals surface area contributed by atoms with Crippen molar-refractivity contribution in [2.24, 2.45) is 0 Å². The molecule has 0 aliphatic carbocycles. The molecule has 1 unspecified atom stereocenters. The molecular formula is C15H21N3S. The fourth-order valence-corrected chi connectivity index (χ4v) is 3.30. The van der Waals surface area contributed by atoms with E-state index in [4.69, 9.17) is 12.2 Å². The zero-order chi connectivity index (χ0) is 13.4. The summed E-state index contributed by atoms with van der Waals surface area (Å²) in [6.45, 7) is 7.86. The first-order valence-corrected chi connectivity index (χ1v) is 7.49. The van der Waals surface area contributed by atoms with Crippen molar-refractivity contribution in [2.45, 2.75) is 39.3 Å². The summed E-state index contributed by atoms with van der Waals surface area (Å²) >= 11 is 5.48. The Hall–Kier alpha value is -1.13. The van der Waals surface area contributed by atoms with Crippen LogP contribution in [0.25, 0.3) is 11.0 Å². The van der Waals surface area contributed by atoms with E-state index in [0.29, 0.717) is 6.04 Å². The molecule has 1 aromatic heterocycles. The van der Waals surface area contributed by atoms with Crippen molar-refractivity contribution in [3.63, 3.8) is 0 Å². The number of H-pyrrole nitrogens is 1. The molecule has 1 saturated heterocycles. The highest BCUT2D eigenvalue weighted by Crippen LogP contribution is 2.19. The Balaban J connectivity index is 1.91. The van der Waals surface area contributed by atoms with E-state index in [2.05, 4.69) is 46.5 Å². The summed E-state index contributed by atoms with van der Waals surface area (Å²) in [6, 6.07) is 7.05. The molecular weight excluding hydrogens is 254 g/mol. The summed E-state index contributed by atoms with van der Waals surface area (Å²) < 4.78 is 3.08. The number of aryl methyl sites for hydroxylation is 1. The second-order valence-corrected chi connectivity index (χ2v) is 6.04. The van der Waals surface area contributed by atoms with Crippen LogP contribution >= 0.6 is 12.2 Å². The number of nitrogens with zero attached hydrogens (tertiary/aromatic N) is 2. The predicted octanol–water partition coefficient (Wildman–Crippen LogP) is 3.49. The fraction of sp³-hybridized carbons (Fsp3) is 0.533. The zero-order valence-corrected chi connectivity index (χ0v) is 12.5. The van der Waals surface area contributed by atoms with Gasteiger partial charge in [-0.15, -0.1) is 0 Å². The highest BCUT2D eigenvalue weighted by molar-refractivity contribution is 7.71. The third kappa shape index (κ3) is 2.47. The maximum absolute atomic E-state index is 5.48. The van der Waals surface area contributed by atoms with Crippen LogP contribution in [-0.2, 0) is 6.54 Å². The van der Waals surface area contributed by atoms with E-state index < -0.39 is 0 Å². The zero-order valence-electron chi connectivity index (χ0n) is 11.6. The topological polar surface area (TPSA) is 24.0 Å². The third-order valence-corrected chi connectivity index (χ3v) is 4.46. The monoisotopic (exact) mass is 275 g/mol. The molecule has 0 spiro atoms. The maximum Gasteiger partial charge on any atom is 0.178 e. The lowest BCUT2D eigenvalue weighted by Gasteiger charge is -2.24. The minimum Gasteiger partial charge on any atom is -0.331 e. The lowest BCUT2D eigenvalue weighted by Crippen LogP contribution is -2.33. The molecule has 1 aliphatic rings. The van der Waals surface area contributed by atoms with Gasteiger partial charge >= 0.3 is 0 Å². The number of likely N-dealkylation sites (tertiary alicyclic amines) is 1. The van der Waals surface area contributed by atoms with Crippen molar-refractivity contribution in [3.8, 4) is 0 Å². The number of hydrogen-bond donors (Lipinski definition) is 1. The summed E-state index contributed by atoms with van der Waals surface area (Å²) in [6.07, 6.45) is 2.67. The second-order valence-electron chi connectivity index (χ2n) is 5.65. The molecule has 0 saturated carbocycles. The normalized spacial score (nSPS) is 18.2. The van der Waals surface area contributed by atoms with Gasteiger partial charge in [-0.05, 0) is 69.7 Å². The van der Waals surface area contributed by atoms with E-state index in [-0.39, 0.29) is 0 Å². The Morgan fingerprint density at radius 3 is 2.79 bits per heavy atom. The van der Waals surface area contributed by atoms with Crippen LogP contribution in [0.3, 0.4) is 0 Å². The Kier molecular flexibility index (Phi) is 3.46. The summed E-state index contributed by atoms with van der Waals surface area (Å²) in [4.78, 5) is 5.89. The van der Waals surface area contributed by atoms with E-state index in [1.54, 1.807) is 0 Å². The largest absolute Gasteiger partial charge is 0.331 e. The van der Waals surface area contributed by atoms with Gasteiger partial charge in [0.25, 0.3) is 0 Å². The van der Waals surface area contributed by atoms with E-state index in [1.165, 1.54) is 37.0 Å². The summed E-state index contributed by atoms with van der Waals surface area (Å²) in [5.41, 5.74) is 3.64. The lowest BCUT2D eigenvalue weighted by atomic mass is 10.2. The molecule has 1 fully saturated rings. The van der Waals surface area contributed by atoms with Gasteiger partial charge in [-0.1, -0.05) is 6.07 Å². The highest BCUT2D eigenvalue weighted by Gasteiger charge is 2.19. The first-order chi connectivity index (χ1) is 9.15. The number of hydrogen-bond acceptors (Lipinski definition) is 2. The number of benzene rings is 1. The Labute approximate surface area is 119 Å². The van der Waals surface area contributed by atoms with E-state index in [9.17, 15) is 0 Å². The minimum absolute atomic E-state index is 0.550. The molecule has 0 bridgehead atoms. The molecule has 1 aliphatic heterocycles. The number of rotatable bonds is 3. The summed E-state index contributed by atoms with van der Waals surface area (Å²) in [5, 5.41) is 0. The highest BCUT2D eigenvalue weighted by atomic mass is 32.1. The lowest BCUT2D eigenvalue weighted by molar-refractivity contribution is 0.237. The fourth-order valence-electron chi connectivity index (χ4n) is 3.02. The average molecular weight is 275 g/mol. The Bertz CT molecular complexity index is 634. The van der Waals surface area contributed by atoms with Crippen molar-refractivity contribution < 1.29 is 0 Å². The molecule has 2 heterocycles. The van der Waals surface area contributed by atoms with Crippen LogP contribution in [0.5, 0.6) is 0 Å². The molecule has 1 aromatic carbocycles. The van der Waals surface area contributed by atoms with Crippen LogP contribution in [0.2, 0.25) is 0 Å². The number of imidazole rings is 1. The van der Waals surface area contributed by atoms with Crippen LogP contribution in [0.1, 0.15) is 25.3 Å². The molecule has 19 heavy (non-hydrogen) atoms. The van der Waals surface area contributed by atoms with Crippen LogP contribution < -0.4 is 0 Å². The van der Waals surface area contributed by atoms with E-state index in [0.717, 1.165) is 16.8 Å². The average Bonchev–Trinajstić information content (AvgIpc) is 2.98. The minimum atomic E-state index is 0.550. The SMILES string of the molecule is Cc1ccc2c(c1)[nH]c(=S)n2CC(C)N1CCCC1. The molecule has 4 heteroatoms. The van der Waals surface area contributed by atoms with Gasteiger partial charge in [0.2, 0.25) is 0 Å². The van der Waals surface area contributed by atoms with Crippen LogP contribution in [0.4, 0.5) is 0 Å². The second kappa shape index (κ2) is 5.10. The maximum atomic E-state index is 5.48. The molecule has 2 aromatic rings. The summed E-state index contributed by atoms with van der Waals surface area (Å²) in [5.74, 6) is 0. The molecule has 3 rings (SSSR count). The van der Waals surface area contributed by atoms with Gasteiger partial charge in [0, 0.05) is 12.6 Å². The quantitative estimate of drug-likeness (QED) is 0.867. The molecule has 0 radical (unpaired) electrons. The van der Waals surface area contributed by atoms with Crippen molar-refractivity contribution in [1.29, 1.82) is 0 Å². The van der Waals surface area contributed by atoms with Crippen molar-refractivity contribution >= 4 is 23.3 Å². The molecule has 102 valence electrons. The number of aromatic nitrogens is 2. The van der Waals surface area contributed by atoms with Crippen molar-refractivity contribution in [2.75, 3.05) is 13.1 Å².